The first-order valence-corrected chi connectivity index (χ1v) is 7.79. The molecule has 130 valence electrons. The van der Waals surface area contributed by atoms with Crippen molar-refractivity contribution in [3.63, 3.8) is 0 Å². The summed E-state index contributed by atoms with van der Waals surface area (Å²) < 4.78 is 0. The number of terminal acetylenes is 1. The fourth-order valence-corrected chi connectivity index (χ4v) is 2.32. The van der Waals surface area contributed by atoms with E-state index in [0.29, 0.717) is 32.1 Å². The summed E-state index contributed by atoms with van der Waals surface area (Å²) in [4.78, 5) is 18.0. The van der Waals surface area contributed by atoms with E-state index in [4.69, 9.17) is 6.42 Å². The van der Waals surface area contributed by atoms with E-state index in [9.17, 15) is 4.79 Å². The van der Waals surface area contributed by atoms with Crippen molar-refractivity contribution >= 4 is 41.5 Å². The van der Waals surface area contributed by atoms with Crippen LogP contribution in [0.25, 0.3) is 0 Å². The van der Waals surface area contributed by atoms with Crippen LogP contribution in [-0.2, 0) is 11.3 Å². The van der Waals surface area contributed by atoms with Crippen LogP contribution < -0.4 is 20.9 Å². The van der Waals surface area contributed by atoms with Crippen molar-refractivity contribution in [1.29, 1.82) is 0 Å². The topological polar surface area (TPSA) is 68.8 Å². The third-order valence-electron chi connectivity index (χ3n) is 3.46. The van der Waals surface area contributed by atoms with E-state index in [1.54, 1.807) is 0 Å². The molecule has 1 heterocycles. The molecule has 1 fully saturated rings. The Hall–Kier alpha value is -1.95. The number of nitrogens with zero attached hydrogens (tertiary/aromatic N) is 2. The molecule has 0 aromatic heterocycles. The number of amides is 1. The van der Waals surface area contributed by atoms with E-state index in [1.165, 1.54) is 0 Å². The minimum atomic E-state index is 0. The average molecular weight is 441 g/mol. The first kappa shape index (κ1) is 20.1. The quantitative estimate of drug-likeness (QED) is 0.275. The van der Waals surface area contributed by atoms with Gasteiger partial charge in [0, 0.05) is 25.3 Å². The highest BCUT2D eigenvalue weighted by atomic mass is 127. The molecule has 0 spiro atoms. The van der Waals surface area contributed by atoms with Crippen molar-refractivity contribution in [1.82, 2.24) is 16.0 Å². The first-order valence-electron chi connectivity index (χ1n) is 7.79. The summed E-state index contributed by atoms with van der Waals surface area (Å²) in [5, 5.41) is 9.03. The van der Waals surface area contributed by atoms with Crippen LogP contribution in [0.15, 0.2) is 29.3 Å². The van der Waals surface area contributed by atoms with Gasteiger partial charge in [-0.15, -0.1) is 30.4 Å². The molecule has 24 heavy (non-hydrogen) atoms. The molecule has 0 saturated carbocycles. The van der Waals surface area contributed by atoms with E-state index in [-0.39, 0.29) is 29.9 Å². The molecule has 6 nitrogen and oxygen atoms in total. The SMILES string of the molecule is C#CCNC(=NCc1ccc(N2CCNC(=O)C2)cc1)NCC.I. The first-order chi connectivity index (χ1) is 11.2. The number of hydrogen-bond donors (Lipinski definition) is 3. The molecule has 0 aliphatic carbocycles. The predicted octanol–water partition coefficient (Wildman–Crippen LogP) is 0.929. The highest BCUT2D eigenvalue weighted by Crippen LogP contribution is 2.16. The number of carbonyl (C=O) groups excluding carboxylic acids is 1. The third kappa shape index (κ3) is 6.28. The Bertz CT molecular complexity index is 594. The molecule has 0 radical (unpaired) electrons. The molecule has 3 N–H and O–H groups in total. The Morgan fingerprint density at radius 2 is 2.12 bits per heavy atom. The van der Waals surface area contributed by atoms with Crippen molar-refractivity contribution in [2.24, 2.45) is 4.99 Å². The maximum Gasteiger partial charge on any atom is 0.239 e. The van der Waals surface area contributed by atoms with Gasteiger partial charge in [0.15, 0.2) is 5.96 Å². The average Bonchev–Trinajstić information content (AvgIpc) is 2.58. The molecule has 1 aromatic carbocycles. The highest BCUT2D eigenvalue weighted by Gasteiger charge is 2.15. The number of piperazine rings is 1. The minimum absolute atomic E-state index is 0. The van der Waals surface area contributed by atoms with E-state index < -0.39 is 0 Å². The van der Waals surface area contributed by atoms with E-state index in [2.05, 4.69) is 31.8 Å². The smallest absolute Gasteiger partial charge is 0.239 e. The molecule has 1 aliphatic rings. The lowest BCUT2D eigenvalue weighted by molar-refractivity contribution is -0.120. The van der Waals surface area contributed by atoms with Crippen molar-refractivity contribution in [2.75, 3.05) is 37.6 Å². The monoisotopic (exact) mass is 441 g/mol. The second-order valence-electron chi connectivity index (χ2n) is 5.19. The van der Waals surface area contributed by atoms with Crippen molar-refractivity contribution < 1.29 is 4.79 Å². The zero-order valence-corrected chi connectivity index (χ0v) is 16.2. The molecule has 1 saturated heterocycles. The number of nitrogens with one attached hydrogen (secondary N) is 3. The van der Waals surface area contributed by atoms with Crippen LogP contribution in [0, 0.1) is 12.3 Å². The molecule has 7 heteroatoms. The van der Waals surface area contributed by atoms with Gasteiger partial charge < -0.3 is 20.9 Å². The standard InChI is InChI=1S/C17H23N5O.HI/c1-3-9-20-17(18-4-2)21-12-14-5-7-15(8-6-14)22-11-10-19-16(23)13-22;/h1,5-8H,4,9-13H2,2H3,(H,19,23)(H2,18,20,21);1H. The maximum absolute atomic E-state index is 11.4. The van der Waals surface area contributed by atoms with Crippen molar-refractivity contribution in [2.45, 2.75) is 13.5 Å². The van der Waals surface area contributed by atoms with Gasteiger partial charge in [-0.2, -0.15) is 0 Å². The minimum Gasteiger partial charge on any atom is -0.360 e. The number of rotatable bonds is 5. The number of halogens is 1. The van der Waals surface area contributed by atoms with E-state index in [1.807, 2.05) is 31.2 Å². The Morgan fingerprint density at radius 3 is 2.75 bits per heavy atom. The Labute approximate surface area is 160 Å². The number of anilines is 1. The van der Waals surface area contributed by atoms with Gasteiger partial charge in [0.25, 0.3) is 0 Å². The lowest BCUT2D eigenvalue weighted by Gasteiger charge is -2.28. The zero-order chi connectivity index (χ0) is 16.5. The fourth-order valence-electron chi connectivity index (χ4n) is 2.32. The molecule has 0 bridgehead atoms. The Morgan fingerprint density at radius 1 is 1.38 bits per heavy atom. The fraction of sp³-hybridized carbons (Fsp3) is 0.412. The molecule has 0 unspecified atom stereocenters. The largest absolute Gasteiger partial charge is 0.360 e. The lowest BCUT2D eigenvalue weighted by atomic mass is 10.2. The number of aliphatic imine (C=N–C) groups is 1. The summed E-state index contributed by atoms with van der Waals surface area (Å²) in [7, 11) is 0. The summed E-state index contributed by atoms with van der Waals surface area (Å²) in [5.41, 5.74) is 2.16. The molecular weight excluding hydrogens is 417 g/mol. The summed E-state index contributed by atoms with van der Waals surface area (Å²) in [6.45, 7) is 5.76. The summed E-state index contributed by atoms with van der Waals surface area (Å²) in [6.07, 6.45) is 5.25. The van der Waals surface area contributed by atoms with Crippen LogP contribution in [0.3, 0.4) is 0 Å². The van der Waals surface area contributed by atoms with Gasteiger partial charge in [0.1, 0.15) is 0 Å². The molecular formula is C17H24IN5O. The second kappa shape index (κ2) is 10.8. The summed E-state index contributed by atoms with van der Waals surface area (Å²) >= 11 is 0. The third-order valence-corrected chi connectivity index (χ3v) is 3.46. The van der Waals surface area contributed by atoms with E-state index in [0.717, 1.165) is 24.3 Å². The second-order valence-corrected chi connectivity index (χ2v) is 5.19. The number of guanidine groups is 1. The molecule has 1 amide bonds. The Balaban J connectivity index is 0.00000288. The van der Waals surface area contributed by atoms with Gasteiger partial charge in [-0.05, 0) is 24.6 Å². The predicted molar refractivity (Wildman–Crippen MR) is 109 cm³/mol. The van der Waals surface area contributed by atoms with Gasteiger partial charge >= 0.3 is 0 Å². The van der Waals surface area contributed by atoms with Crippen molar-refractivity contribution in [3.8, 4) is 12.3 Å². The summed E-state index contributed by atoms with van der Waals surface area (Å²) in [5.74, 6) is 3.31. The van der Waals surface area contributed by atoms with Crippen LogP contribution in [0.4, 0.5) is 5.69 Å². The van der Waals surface area contributed by atoms with Gasteiger partial charge in [-0.25, -0.2) is 4.99 Å². The zero-order valence-electron chi connectivity index (χ0n) is 13.8. The van der Waals surface area contributed by atoms with Gasteiger partial charge in [0.05, 0.1) is 19.6 Å². The molecule has 1 aliphatic heterocycles. The van der Waals surface area contributed by atoms with Gasteiger partial charge in [-0.3, -0.25) is 4.79 Å². The highest BCUT2D eigenvalue weighted by molar-refractivity contribution is 14.0. The lowest BCUT2D eigenvalue weighted by Crippen LogP contribution is -2.47. The van der Waals surface area contributed by atoms with Gasteiger partial charge in [0.2, 0.25) is 5.91 Å². The summed E-state index contributed by atoms with van der Waals surface area (Å²) in [6, 6.07) is 8.14. The number of carbonyl (C=O) groups is 1. The normalized spacial score (nSPS) is 14.2. The van der Waals surface area contributed by atoms with Crippen LogP contribution in [-0.4, -0.2) is 44.6 Å². The van der Waals surface area contributed by atoms with Gasteiger partial charge in [-0.1, -0.05) is 18.1 Å². The number of hydrogen-bond acceptors (Lipinski definition) is 3. The van der Waals surface area contributed by atoms with Crippen LogP contribution >= 0.6 is 24.0 Å². The molecule has 1 aromatic rings. The van der Waals surface area contributed by atoms with Crippen molar-refractivity contribution in [3.05, 3.63) is 29.8 Å². The Kier molecular flexibility index (Phi) is 9.01. The molecule has 2 rings (SSSR count). The number of benzene rings is 1. The van der Waals surface area contributed by atoms with Crippen LogP contribution in [0.1, 0.15) is 12.5 Å². The maximum atomic E-state index is 11.4. The van der Waals surface area contributed by atoms with Crippen LogP contribution in [0.2, 0.25) is 0 Å². The van der Waals surface area contributed by atoms with E-state index >= 15 is 0 Å². The van der Waals surface area contributed by atoms with Crippen LogP contribution in [0.5, 0.6) is 0 Å². The molecule has 0 atom stereocenters.